The standard InChI is InChI=1S/C14H18N2O4/c1-9-5-4-6-11(7-9)13(18)15-8-12(17)16(3)10(2)14(19)20/h4-7,10H,8H2,1-3H3,(H,15,18)(H,19,20). The van der Waals surface area contributed by atoms with Crippen LogP contribution in [0, 0.1) is 6.92 Å². The molecule has 0 fully saturated rings. The third kappa shape index (κ3) is 4.08. The Labute approximate surface area is 117 Å². The number of rotatable bonds is 5. The van der Waals surface area contributed by atoms with Gasteiger partial charge in [-0.2, -0.15) is 0 Å². The second-order valence-corrected chi connectivity index (χ2v) is 4.57. The molecule has 0 saturated heterocycles. The molecule has 0 aliphatic rings. The molecule has 0 aromatic heterocycles. The number of aliphatic carboxylic acids is 1. The minimum Gasteiger partial charge on any atom is -0.480 e. The highest BCUT2D eigenvalue weighted by atomic mass is 16.4. The van der Waals surface area contributed by atoms with E-state index in [-0.39, 0.29) is 12.5 Å². The first-order valence-corrected chi connectivity index (χ1v) is 6.16. The molecule has 108 valence electrons. The Bertz CT molecular complexity index is 528. The molecule has 0 heterocycles. The molecule has 0 spiro atoms. The van der Waals surface area contributed by atoms with Crippen molar-refractivity contribution in [1.29, 1.82) is 0 Å². The average Bonchev–Trinajstić information content (AvgIpc) is 2.42. The Balaban J connectivity index is 2.57. The van der Waals surface area contributed by atoms with Crippen LogP contribution in [-0.2, 0) is 9.59 Å². The molecule has 0 radical (unpaired) electrons. The van der Waals surface area contributed by atoms with Crippen LogP contribution in [0.5, 0.6) is 0 Å². The molecule has 1 aromatic carbocycles. The Morgan fingerprint density at radius 3 is 2.55 bits per heavy atom. The van der Waals surface area contributed by atoms with Gasteiger partial charge in [0.15, 0.2) is 0 Å². The number of aryl methyl sites for hydroxylation is 1. The minimum atomic E-state index is -1.09. The largest absolute Gasteiger partial charge is 0.480 e. The van der Waals surface area contributed by atoms with Crippen molar-refractivity contribution in [1.82, 2.24) is 10.2 Å². The summed E-state index contributed by atoms with van der Waals surface area (Å²) in [6, 6.07) is 6.05. The summed E-state index contributed by atoms with van der Waals surface area (Å²) in [6.45, 7) is 3.04. The summed E-state index contributed by atoms with van der Waals surface area (Å²) in [5.41, 5.74) is 1.41. The van der Waals surface area contributed by atoms with Crippen molar-refractivity contribution in [2.75, 3.05) is 13.6 Å². The summed E-state index contributed by atoms with van der Waals surface area (Å²) >= 11 is 0. The molecule has 0 saturated carbocycles. The molecule has 6 heteroatoms. The maximum atomic E-state index is 11.8. The zero-order valence-electron chi connectivity index (χ0n) is 11.7. The van der Waals surface area contributed by atoms with E-state index in [1.807, 2.05) is 13.0 Å². The van der Waals surface area contributed by atoms with Gasteiger partial charge >= 0.3 is 5.97 Å². The van der Waals surface area contributed by atoms with Crippen molar-refractivity contribution in [2.24, 2.45) is 0 Å². The van der Waals surface area contributed by atoms with E-state index in [1.165, 1.54) is 14.0 Å². The average molecular weight is 278 g/mol. The third-order valence-corrected chi connectivity index (χ3v) is 3.01. The molecule has 1 unspecified atom stereocenters. The number of benzene rings is 1. The minimum absolute atomic E-state index is 0.235. The fraction of sp³-hybridized carbons (Fsp3) is 0.357. The highest BCUT2D eigenvalue weighted by molar-refractivity contribution is 5.96. The zero-order valence-corrected chi connectivity index (χ0v) is 11.7. The van der Waals surface area contributed by atoms with Crippen LogP contribution in [0.3, 0.4) is 0 Å². The van der Waals surface area contributed by atoms with Crippen LogP contribution in [0.4, 0.5) is 0 Å². The Morgan fingerprint density at radius 1 is 1.35 bits per heavy atom. The molecule has 1 rings (SSSR count). The van der Waals surface area contributed by atoms with E-state index in [0.29, 0.717) is 5.56 Å². The fourth-order valence-electron chi connectivity index (χ4n) is 1.55. The molecule has 1 aromatic rings. The van der Waals surface area contributed by atoms with E-state index in [9.17, 15) is 14.4 Å². The molecule has 0 bridgehead atoms. The summed E-state index contributed by atoms with van der Waals surface area (Å²) in [4.78, 5) is 35.4. The quantitative estimate of drug-likeness (QED) is 0.828. The van der Waals surface area contributed by atoms with E-state index in [1.54, 1.807) is 18.2 Å². The molecular formula is C14H18N2O4. The number of nitrogens with zero attached hydrogens (tertiary/aromatic N) is 1. The van der Waals surface area contributed by atoms with Gasteiger partial charge in [0.1, 0.15) is 6.04 Å². The maximum Gasteiger partial charge on any atom is 0.326 e. The van der Waals surface area contributed by atoms with Crippen LogP contribution < -0.4 is 5.32 Å². The summed E-state index contributed by atoms with van der Waals surface area (Å²) < 4.78 is 0. The van der Waals surface area contributed by atoms with Gasteiger partial charge in [0.05, 0.1) is 6.54 Å². The molecule has 2 N–H and O–H groups in total. The topological polar surface area (TPSA) is 86.7 Å². The van der Waals surface area contributed by atoms with Crippen LogP contribution in [-0.4, -0.2) is 47.4 Å². The number of amides is 2. The summed E-state index contributed by atoms with van der Waals surface area (Å²) in [6.07, 6.45) is 0. The number of nitrogens with one attached hydrogen (secondary N) is 1. The van der Waals surface area contributed by atoms with E-state index in [4.69, 9.17) is 5.11 Å². The van der Waals surface area contributed by atoms with Crippen LogP contribution >= 0.6 is 0 Å². The summed E-state index contributed by atoms with van der Waals surface area (Å²) in [5, 5.41) is 11.3. The van der Waals surface area contributed by atoms with Gasteiger partial charge in [0, 0.05) is 12.6 Å². The number of likely N-dealkylation sites (N-methyl/N-ethyl adjacent to an activating group) is 1. The van der Waals surface area contributed by atoms with E-state index in [0.717, 1.165) is 10.5 Å². The van der Waals surface area contributed by atoms with Gasteiger partial charge in [-0.3, -0.25) is 9.59 Å². The first-order valence-electron chi connectivity index (χ1n) is 6.16. The fourth-order valence-corrected chi connectivity index (χ4v) is 1.55. The Kier molecular flexibility index (Phi) is 5.25. The van der Waals surface area contributed by atoms with E-state index in [2.05, 4.69) is 5.32 Å². The van der Waals surface area contributed by atoms with Crippen molar-refractivity contribution in [3.05, 3.63) is 35.4 Å². The van der Waals surface area contributed by atoms with Gasteiger partial charge in [0.25, 0.3) is 5.91 Å². The third-order valence-electron chi connectivity index (χ3n) is 3.01. The van der Waals surface area contributed by atoms with Gasteiger partial charge in [-0.15, -0.1) is 0 Å². The smallest absolute Gasteiger partial charge is 0.326 e. The number of carbonyl (C=O) groups excluding carboxylic acids is 2. The summed E-state index contributed by atoms with van der Waals surface area (Å²) in [5.74, 6) is -1.91. The molecule has 0 aliphatic heterocycles. The molecule has 6 nitrogen and oxygen atoms in total. The van der Waals surface area contributed by atoms with Crippen molar-refractivity contribution in [3.63, 3.8) is 0 Å². The Morgan fingerprint density at radius 2 is 2.00 bits per heavy atom. The predicted octanol–water partition coefficient (Wildman–Crippen LogP) is 0.656. The molecular weight excluding hydrogens is 260 g/mol. The SMILES string of the molecule is Cc1cccc(C(=O)NCC(=O)N(C)C(C)C(=O)O)c1. The Hall–Kier alpha value is -2.37. The van der Waals surface area contributed by atoms with Gasteiger partial charge in [0.2, 0.25) is 5.91 Å². The molecule has 2 amide bonds. The number of hydrogen-bond acceptors (Lipinski definition) is 3. The summed E-state index contributed by atoms with van der Waals surface area (Å²) in [7, 11) is 1.39. The molecule has 20 heavy (non-hydrogen) atoms. The lowest BCUT2D eigenvalue weighted by Crippen LogP contribution is -2.45. The van der Waals surface area contributed by atoms with Gasteiger partial charge in [-0.1, -0.05) is 17.7 Å². The van der Waals surface area contributed by atoms with Crippen LogP contribution in [0.1, 0.15) is 22.8 Å². The van der Waals surface area contributed by atoms with Gasteiger partial charge < -0.3 is 15.3 Å². The first kappa shape index (κ1) is 15.7. The number of carboxylic acids is 1. The van der Waals surface area contributed by atoms with Crippen molar-refractivity contribution >= 4 is 17.8 Å². The first-order chi connectivity index (χ1) is 9.32. The van der Waals surface area contributed by atoms with Crippen molar-refractivity contribution in [3.8, 4) is 0 Å². The normalized spacial score (nSPS) is 11.6. The highest BCUT2D eigenvalue weighted by Gasteiger charge is 2.21. The zero-order chi connectivity index (χ0) is 15.3. The molecule has 0 aliphatic carbocycles. The number of carboxylic acid groups (broad SMARTS) is 1. The second-order valence-electron chi connectivity index (χ2n) is 4.57. The van der Waals surface area contributed by atoms with Gasteiger partial charge in [-0.25, -0.2) is 4.79 Å². The second kappa shape index (κ2) is 6.70. The van der Waals surface area contributed by atoms with Crippen molar-refractivity contribution in [2.45, 2.75) is 19.9 Å². The lowest BCUT2D eigenvalue weighted by molar-refractivity contribution is -0.147. The number of carbonyl (C=O) groups is 3. The van der Waals surface area contributed by atoms with Crippen molar-refractivity contribution < 1.29 is 19.5 Å². The monoisotopic (exact) mass is 278 g/mol. The lowest BCUT2D eigenvalue weighted by atomic mass is 10.1. The van der Waals surface area contributed by atoms with Crippen LogP contribution in [0.25, 0.3) is 0 Å². The predicted molar refractivity (Wildman–Crippen MR) is 73.4 cm³/mol. The van der Waals surface area contributed by atoms with Crippen LogP contribution in [0.15, 0.2) is 24.3 Å². The number of hydrogen-bond donors (Lipinski definition) is 2. The maximum absolute atomic E-state index is 11.8. The van der Waals surface area contributed by atoms with E-state index < -0.39 is 17.9 Å². The van der Waals surface area contributed by atoms with Gasteiger partial charge in [-0.05, 0) is 26.0 Å². The highest BCUT2D eigenvalue weighted by Crippen LogP contribution is 2.03. The molecule has 1 atom stereocenters. The van der Waals surface area contributed by atoms with E-state index >= 15 is 0 Å². The van der Waals surface area contributed by atoms with Crippen LogP contribution in [0.2, 0.25) is 0 Å². The lowest BCUT2D eigenvalue weighted by Gasteiger charge is -2.21.